The second kappa shape index (κ2) is 11.4. The lowest BCUT2D eigenvalue weighted by molar-refractivity contribution is -0.122. The van der Waals surface area contributed by atoms with Gasteiger partial charge in [0.1, 0.15) is 0 Å². The van der Waals surface area contributed by atoms with E-state index >= 15 is 0 Å². The molecule has 2 amide bonds. The molecular formula is C21H26N2O2S. The maximum absolute atomic E-state index is 12.4. The molecule has 0 saturated carbocycles. The molecule has 0 heterocycles. The second-order valence-corrected chi connectivity index (χ2v) is 6.46. The van der Waals surface area contributed by atoms with Gasteiger partial charge >= 0.3 is 0 Å². The summed E-state index contributed by atoms with van der Waals surface area (Å²) in [5.41, 5.74) is 2.14. The highest BCUT2D eigenvalue weighted by atomic mass is 32.1. The van der Waals surface area contributed by atoms with Crippen LogP contribution < -0.4 is 10.6 Å². The van der Waals surface area contributed by atoms with Crippen molar-refractivity contribution < 1.29 is 9.59 Å². The van der Waals surface area contributed by atoms with Gasteiger partial charge < -0.3 is 10.6 Å². The molecule has 5 heteroatoms. The van der Waals surface area contributed by atoms with Crippen LogP contribution in [0.2, 0.25) is 0 Å². The maximum atomic E-state index is 12.4. The van der Waals surface area contributed by atoms with Crippen molar-refractivity contribution in [2.45, 2.75) is 31.7 Å². The summed E-state index contributed by atoms with van der Waals surface area (Å²) in [5.74, 6) is 0.199. The van der Waals surface area contributed by atoms with Gasteiger partial charge in [0.15, 0.2) is 0 Å². The molecule has 0 fully saturated rings. The smallest absolute Gasteiger partial charge is 0.229 e. The summed E-state index contributed by atoms with van der Waals surface area (Å²) >= 11 is 3.91. The molecule has 0 aliphatic rings. The Hall–Kier alpha value is -2.27. The van der Waals surface area contributed by atoms with Gasteiger partial charge in [-0.15, -0.1) is 0 Å². The van der Waals surface area contributed by atoms with E-state index in [1.165, 1.54) is 0 Å². The summed E-state index contributed by atoms with van der Waals surface area (Å²) < 4.78 is 0. The van der Waals surface area contributed by atoms with Crippen LogP contribution in [0.5, 0.6) is 0 Å². The zero-order chi connectivity index (χ0) is 18.6. The third-order valence-electron chi connectivity index (χ3n) is 4.12. The Bertz CT molecular complexity index is 637. The SMILES string of the molecule is O=C(CS)NCCCCCC(=O)NC(c1ccccc1)c1ccccc1. The van der Waals surface area contributed by atoms with Crippen molar-refractivity contribution in [2.24, 2.45) is 0 Å². The van der Waals surface area contributed by atoms with Crippen LogP contribution in [0, 0.1) is 0 Å². The highest BCUT2D eigenvalue weighted by Crippen LogP contribution is 2.22. The predicted octanol–water partition coefficient (Wildman–Crippen LogP) is 3.50. The summed E-state index contributed by atoms with van der Waals surface area (Å²) in [7, 11) is 0. The number of unbranched alkanes of at least 4 members (excludes halogenated alkanes) is 2. The van der Waals surface area contributed by atoms with E-state index in [4.69, 9.17) is 0 Å². The summed E-state index contributed by atoms with van der Waals surface area (Å²) in [6, 6.07) is 19.9. The largest absolute Gasteiger partial charge is 0.355 e. The third-order valence-corrected chi connectivity index (χ3v) is 4.40. The van der Waals surface area contributed by atoms with Gasteiger partial charge in [0.25, 0.3) is 0 Å². The van der Waals surface area contributed by atoms with Crippen LogP contribution in [0.15, 0.2) is 60.7 Å². The molecule has 0 radical (unpaired) electrons. The van der Waals surface area contributed by atoms with Gasteiger partial charge in [0.05, 0.1) is 11.8 Å². The molecule has 4 nitrogen and oxygen atoms in total. The van der Waals surface area contributed by atoms with Crippen LogP contribution in [0.1, 0.15) is 42.9 Å². The Balaban J connectivity index is 1.83. The number of rotatable bonds is 10. The number of hydrogen-bond acceptors (Lipinski definition) is 3. The van der Waals surface area contributed by atoms with Crippen molar-refractivity contribution in [1.29, 1.82) is 0 Å². The average molecular weight is 371 g/mol. The van der Waals surface area contributed by atoms with Gasteiger partial charge in [-0.2, -0.15) is 12.6 Å². The van der Waals surface area contributed by atoms with Crippen LogP contribution in [0.25, 0.3) is 0 Å². The first-order valence-corrected chi connectivity index (χ1v) is 9.60. The van der Waals surface area contributed by atoms with E-state index in [9.17, 15) is 9.59 Å². The van der Waals surface area contributed by atoms with Gasteiger partial charge in [-0.05, 0) is 24.0 Å². The zero-order valence-corrected chi connectivity index (χ0v) is 15.8. The number of thiol groups is 1. The lowest BCUT2D eigenvalue weighted by Crippen LogP contribution is -2.29. The molecular weight excluding hydrogens is 344 g/mol. The zero-order valence-electron chi connectivity index (χ0n) is 14.9. The first-order valence-electron chi connectivity index (χ1n) is 8.97. The molecule has 0 spiro atoms. The monoisotopic (exact) mass is 370 g/mol. The minimum Gasteiger partial charge on any atom is -0.355 e. The van der Waals surface area contributed by atoms with Crippen LogP contribution in [-0.2, 0) is 9.59 Å². The summed E-state index contributed by atoms with van der Waals surface area (Å²) in [5, 5.41) is 5.93. The molecule has 2 rings (SSSR count). The Morgan fingerprint density at radius 2 is 1.38 bits per heavy atom. The Labute approximate surface area is 160 Å². The molecule has 26 heavy (non-hydrogen) atoms. The third kappa shape index (κ3) is 6.92. The molecule has 0 aromatic heterocycles. The molecule has 0 saturated heterocycles. The molecule has 0 aliphatic carbocycles. The van der Waals surface area contributed by atoms with Crippen LogP contribution in [0.3, 0.4) is 0 Å². The first kappa shape index (κ1) is 20.0. The average Bonchev–Trinajstić information content (AvgIpc) is 2.69. The minimum atomic E-state index is -0.139. The van der Waals surface area contributed by atoms with E-state index in [0.717, 1.165) is 30.4 Å². The topological polar surface area (TPSA) is 58.2 Å². The van der Waals surface area contributed by atoms with E-state index in [1.807, 2.05) is 60.7 Å². The predicted molar refractivity (Wildman–Crippen MR) is 108 cm³/mol. The fourth-order valence-corrected chi connectivity index (χ4v) is 2.87. The summed E-state index contributed by atoms with van der Waals surface area (Å²) in [6.07, 6.45) is 3.06. The fourth-order valence-electron chi connectivity index (χ4n) is 2.75. The minimum absolute atomic E-state index is 0.0436. The number of benzene rings is 2. The highest BCUT2D eigenvalue weighted by molar-refractivity contribution is 7.81. The van der Waals surface area contributed by atoms with Crippen LogP contribution in [-0.4, -0.2) is 24.1 Å². The Morgan fingerprint density at radius 3 is 1.92 bits per heavy atom. The number of hydrogen-bond donors (Lipinski definition) is 3. The number of nitrogens with one attached hydrogen (secondary N) is 2. The van der Waals surface area contributed by atoms with Gasteiger partial charge in [-0.3, -0.25) is 9.59 Å². The molecule has 0 aliphatic heterocycles. The van der Waals surface area contributed by atoms with E-state index in [-0.39, 0.29) is 23.6 Å². The van der Waals surface area contributed by atoms with E-state index in [1.54, 1.807) is 0 Å². The van der Waals surface area contributed by atoms with E-state index in [0.29, 0.717) is 13.0 Å². The van der Waals surface area contributed by atoms with Gasteiger partial charge in [-0.25, -0.2) is 0 Å². The Morgan fingerprint density at radius 1 is 0.808 bits per heavy atom. The van der Waals surface area contributed by atoms with Crippen molar-refractivity contribution >= 4 is 24.4 Å². The first-order chi connectivity index (χ1) is 12.7. The second-order valence-electron chi connectivity index (χ2n) is 6.14. The number of carbonyl (C=O) groups is 2. The quantitative estimate of drug-likeness (QED) is 0.443. The standard InChI is InChI=1S/C21H26N2O2S/c24-19(14-8-3-9-15-22-20(25)16-26)23-21(17-10-4-1-5-11-17)18-12-6-2-7-13-18/h1-2,4-7,10-13,21,26H,3,8-9,14-16H2,(H,22,25)(H,23,24). The Kier molecular flexibility index (Phi) is 8.76. The van der Waals surface area contributed by atoms with Crippen LogP contribution >= 0.6 is 12.6 Å². The van der Waals surface area contributed by atoms with Crippen molar-refractivity contribution in [2.75, 3.05) is 12.3 Å². The molecule has 138 valence electrons. The number of amides is 2. The summed E-state index contributed by atoms with van der Waals surface area (Å²) in [4.78, 5) is 23.5. The fraction of sp³-hybridized carbons (Fsp3) is 0.333. The molecule has 0 atom stereocenters. The molecule has 2 aromatic rings. The van der Waals surface area contributed by atoms with E-state index in [2.05, 4.69) is 23.3 Å². The normalized spacial score (nSPS) is 10.5. The van der Waals surface area contributed by atoms with Gasteiger partial charge in [0, 0.05) is 13.0 Å². The van der Waals surface area contributed by atoms with Crippen molar-refractivity contribution in [3.63, 3.8) is 0 Å². The van der Waals surface area contributed by atoms with E-state index < -0.39 is 0 Å². The maximum Gasteiger partial charge on any atom is 0.229 e. The number of carbonyl (C=O) groups excluding carboxylic acids is 2. The van der Waals surface area contributed by atoms with Gasteiger partial charge in [0.2, 0.25) is 11.8 Å². The van der Waals surface area contributed by atoms with Gasteiger partial charge in [-0.1, -0.05) is 67.1 Å². The lowest BCUT2D eigenvalue weighted by Gasteiger charge is -2.20. The van der Waals surface area contributed by atoms with Crippen LogP contribution in [0.4, 0.5) is 0 Å². The molecule has 2 aromatic carbocycles. The highest BCUT2D eigenvalue weighted by Gasteiger charge is 2.16. The van der Waals surface area contributed by atoms with Crippen molar-refractivity contribution in [1.82, 2.24) is 10.6 Å². The van der Waals surface area contributed by atoms with Crippen molar-refractivity contribution in [3.05, 3.63) is 71.8 Å². The molecule has 0 bridgehead atoms. The molecule has 2 N–H and O–H groups in total. The molecule has 0 unspecified atom stereocenters. The van der Waals surface area contributed by atoms with Crippen molar-refractivity contribution in [3.8, 4) is 0 Å². The summed E-state index contributed by atoms with van der Waals surface area (Å²) in [6.45, 7) is 0.637. The lowest BCUT2D eigenvalue weighted by atomic mass is 9.98.